The molecule has 4 aliphatic rings. The summed E-state index contributed by atoms with van der Waals surface area (Å²) in [6.07, 6.45) is 4.33. The first-order valence-electron chi connectivity index (χ1n) is 14.2. The fourth-order valence-electron chi connectivity index (χ4n) is 6.64. The van der Waals surface area contributed by atoms with Gasteiger partial charge in [0.2, 0.25) is 0 Å². The Morgan fingerprint density at radius 1 is 1.10 bits per heavy atom. The molecule has 39 heavy (non-hydrogen) atoms. The van der Waals surface area contributed by atoms with E-state index in [9.17, 15) is 4.79 Å². The molecule has 1 N–H and O–H groups in total. The number of piperazine rings is 1. The molecule has 3 aromatic heterocycles. The summed E-state index contributed by atoms with van der Waals surface area (Å²) in [6.45, 7) is 11.0. The third-order valence-corrected chi connectivity index (χ3v) is 9.07. The summed E-state index contributed by atoms with van der Waals surface area (Å²) in [5.41, 5.74) is 2.40. The number of carbonyl (C=O) groups is 1. The maximum absolute atomic E-state index is 14.0. The number of aromatic nitrogens is 5. The maximum atomic E-state index is 14.0. The van der Waals surface area contributed by atoms with Crippen LogP contribution in [-0.4, -0.2) is 68.9 Å². The molecule has 10 nitrogen and oxygen atoms in total. The van der Waals surface area contributed by atoms with E-state index in [1.54, 1.807) is 4.90 Å². The van der Waals surface area contributed by atoms with Crippen LogP contribution < -0.4 is 20.0 Å². The van der Waals surface area contributed by atoms with Crippen LogP contribution in [0.25, 0.3) is 11.5 Å². The number of hydrogen-bond donors (Lipinski definition) is 1. The van der Waals surface area contributed by atoms with E-state index in [1.165, 1.54) is 12.8 Å². The van der Waals surface area contributed by atoms with E-state index in [0.717, 1.165) is 66.0 Å². The first-order valence-corrected chi connectivity index (χ1v) is 14.2. The molecule has 3 aromatic rings. The first kappa shape index (κ1) is 24.5. The van der Waals surface area contributed by atoms with Crippen molar-refractivity contribution in [3.8, 4) is 11.5 Å². The van der Waals surface area contributed by atoms with E-state index in [0.29, 0.717) is 24.4 Å². The predicted molar refractivity (Wildman–Crippen MR) is 151 cm³/mol. The average Bonchev–Trinajstić information content (AvgIpc) is 3.67. The number of hydrogen-bond acceptors (Lipinski definition) is 8. The summed E-state index contributed by atoms with van der Waals surface area (Å²) in [6, 6.07) is 9.03. The van der Waals surface area contributed by atoms with Crippen molar-refractivity contribution in [1.82, 2.24) is 30.0 Å². The van der Waals surface area contributed by atoms with Gasteiger partial charge in [0, 0.05) is 55.8 Å². The fraction of sp³-hybridized carbons (Fsp3) is 0.552. The molecule has 2 saturated heterocycles. The second-order valence-electron chi connectivity index (χ2n) is 12.4. The van der Waals surface area contributed by atoms with Gasteiger partial charge in [-0.1, -0.05) is 6.07 Å². The Hall–Kier alpha value is -3.53. The van der Waals surface area contributed by atoms with E-state index >= 15 is 0 Å². The summed E-state index contributed by atoms with van der Waals surface area (Å²) in [5.74, 6) is 4.14. The van der Waals surface area contributed by atoms with Crippen molar-refractivity contribution in [1.29, 1.82) is 0 Å². The van der Waals surface area contributed by atoms with Crippen molar-refractivity contribution >= 4 is 23.4 Å². The van der Waals surface area contributed by atoms with Crippen LogP contribution >= 0.6 is 0 Å². The van der Waals surface area contributed by atoms with Crippen molar-refractivity contribution in [2.45, 2.75) is 83.6 Å². The van der Waals surface area contributed by atoms with Gasteiger partial charge in [0.1, 0.15) is 29.0 Å². The molecule has 2 fully saturated rings. The first-order chi connectivity index (χ1) is 18.7. The minimum Gasteiger partial charge on any atom is -0.357 e. The van der Waals surface area contributed by atoms with Gasteiger partial charge in [-0.3, -0.25) is 9.69 Å². The van der Waals surface area contributed by atoms with Crippen molar-refractivity contribution in [2.24, 2.45) is 0 Å². The number of rotatable bonds is 5. The van der Waals surface area contributed by atoms with Gasteiger partial charge in [-0.2, -0.15) is 0 Å². The predicted octanol–water partition coefficient (Wildman–Crippen LogP) is 3.36. The highest BCUT2D eigenvalue weighted by molar-refractivity contribution is 6.11. The summed E-state index contributed by atoms with van der Waals surface area (Å²) >= 11 is 0. The molecule has 2 unspecified atom stereocenters. The molecule has 0 radical (unpaired) electrons. The molecule has 7 heterocycles. The molecule has 0 aliphatic carbocycles. The summed E-state index contributed by atoms with van der Waals surface area (Å²) in [5, 5.41) is 12.6. The zero-order chi connectivity index (χ0) is 27.1. The molecule has 0 saturated carbocycles. The monoisotopic (exact) mass is 527 g/mol. The maximum Gasteiger partial charge on any atom is 0.260 e. The largest absolute Gasteiger partial charge is 0.357 e. The van der Waals surface area contributed by atoms with E-state index in [1.807, 2.05) is 31.3 Å². The van der Waals surface area contributed by atoms with Crippen LogP contribution in [0.2, 0.25) is 0 Å². The summed E-state index contributed by atoms with van der Waals surface area (Å²) < 4.78 is 2.20. The lowest BCUT2D eigenvalue weighted by molar-refractivity contribution is 0.0996. The van der Waals surface area contributed by atoms with Crippen LogP contribution in [0, 0.1) is 0 Å². The number of carbonyl (C=O) groups excluding carboxylic acids is 1. The highest BCUT2D eigenvalue weighted by Crippen LogP contribution is 2.39. The molecule has 10 heteroatoms. The van der Waals surface area contributed by atoms with Crippen molar-refractivity contribution in [2.75, 3.05) is 34.8 Å². The summed E-state index contributed by atoms with van der Waals surface area (Å²) in [4.78, 5) is 30.4. The van der Waals surface area contributed by atoms with Gasteiger partial charge in [-0.15, -0.1) is 10.2 Å². The lowest BCUT2D eigenvalue weighted by Gasteiger charge is -2.35. The Morgan fingerprint density at radius 3 is 2.62 bits per heavy atom. The molecule has 2 bridgehead atoms. The third kappa shape index (κ3) is 3.91. The molecule has 4 aliphatic heterocycles. The lowest BCUT2D eigenvalue weighted by Crippen LogP contribution is -2.51. The van der Waals surface area contributed by atoms with E-state index in [4.69, 9.17) is 9.97 Å². The molecule has 0 spiro atoms. The number of anilines is 3. The van der Waals surface area contributed by atoms with Crippen LogP contribution in [-0.2, 0) is 18.5 Å². The van der Waals surface area contributed by atoms with Crippen LogP contribution in [0.3, 0.4) is 0 Å². The van der Waals surface area contributed by atoms with Crippen LogP contribution in [0.5, 0.6) is 0 Å². The fourth-order valence-corrected chi connectivity index (χ4v) is 6.64. The van der Waals surface area contributed by atoms with Crippen molar-refractivity contribution < 1.29 is 4.79 Å². The van der Waals surface area contributed by atoms with Gasteiger partial charge in [0.15, 0.2) is 5.82 Å². The number of pyridine rings is 2. The summed E-state index contributed by atoms with van der Waals surface area (Å²) in [7, 11) is 2.05. The molecular weight excluding hydrogens is 490 g/mol. The van der Waals surface area contributed by atoms with Gasteiger partial charge in [0.05, 0.1) is 12.1 Å². The number of amides is 1. The number of nitrogens with zero attached hydrogens (tertiary/aromatic N) is 8. The van der Waals surface area contributed by atoms with Gasteiger partial charge in [0.25, 0.3) is 5.91 Å². The molecule has 204 valence electrons. The second-order valence-corrected chi connectivity index (χ2v) is 12.4. The number of nitrogens with one attached hydrogen (secondary N) is 1. The van der Waals surface area contributed by atoms with Gasteiger partial charge < -0.3 is 19.7 Å². The number of aryl methyl sites for hydroxylation is 1. The van der Waals surface area contributed by atoms with Crippen LogP contribution in [0.1, 0.15) is 68.7 Å². The zero-order valence-electron chi connectivity index (χ0n) is 23.5. The molecular formula is C29H37N9O. The average molecular weight is 528 g/mol. The molecule has 2 atom stereocenters. The van der Waals surface area contributed by atoms with Gasteiger partial charge in [-0.05, 0) is 65.2 Å². The van der Waals surface area contributed by atoms with Gasteiger partial charge >= 0.3 is 0 Å². The Kier molecular flexibility index (Phi) is 5.49. The second kappa shape index (κ2) is 8.74. The quantitative estimate of drug-likeness (QED) is 0.540. The van der Waals surface area contributed by atoms with Crippen molar-refractivity contribution in [3.05, 3.63) is 41.2 Å². The van der Waals surface area contributed by atoms with E-state index < -0.39 is 0 Å². The topological polar surface area (TPSA) is 95.3 Å². The van der Waals surface area contributed by atoms with E-state index in [2.05, 4.69) is 57.6 Å². The van der Waals surface area contributed by atoms with Crippen molar-refractivity contribution in [3.63, 3.8) is 0 Å². The lowest BCUT2D eigenvalue weighted by atomic mass is 10.0. The third-order valence-electron chi connectivity index (χ3n) is 9.07. The number of fused-ring (bicyclic) bond motifs is 4. The van der Waals surface area contributed by atoms with Gasteiger partial charge in [-0.25, -0.2) is 9.97 Å². The minimum atomic E-state index is -0.0618. The SMILES string of the molecule is CC(C)N(C)c1cc2c(c(N3CC4CCC(C3)N4)n1)CN(c1cccc(-c3nnc4n3C(C)(C)CC4)n1)C2=O. The Bertz CT molecular complexity index is 1450. The Balaban J connectivity index is 1.27. The smallest absolute Gasteiger partial charge is 0.260 e. The van der Waals surface area contributed by atoms with Crippen LogP contribution in [0.4, 0.5) is 17.5 Å². The standard InChI is InChI=1S/C29H37N9O/c1-17(2)35(5)25-13-20-21(26(32-25)36-14-18-9-10-19(15-36)30-18)16-37(28(20)39)23-8-6-7-22(31-23)27-34-33-24-11-12-29(3,4)38(24)27/h6-8,13,17-19,30H,9-12,14-16H2,1-5H3. The molecule has 7 rings (SSSR count). The highest BCUT2D eigenvalue weighted by atomic mass is 16.2. The Labute approximate surface area is 229 Å². The van der Waals surface area contributed by atoms with E-state index in [-0.39, 0.29) is 17.5 Å². The highest BCUT2D eigenvalue weighted by Gasteiger charge is 2.39. The molecule has 1 amide bonds. The minimum absolute atomic E-state index is 0.0263. The van der Waals surface area contributed by atoms with Crippen LogP contribution in [0.15, 0.2) is 24.3 Å². The molecule has 0 aromatic carbocycles. The Morgan fingerprint density at radius 2 is 1.87 bits per heavy atom. The normalized spacial score (nSPS) is 23.1. The zero-order valence-corrected chi connectivity index (χ0v) is 23.5.